The van der Waals surface area contributed by atoms with Gasteiger partial charge in [-0.2, -0.15) is 0 Å². The fraction of sp³-hybridized carbons (Fsp3) is 0.500. The van der Waals surface area contributed by atoms with Gasteiger partial charge in [0, 0.05) is 6.07 Å². The zero-order valence-corrected chi connectivity index (χ0v) is 15.9. The Bertz CT molecular complexity index is 1030. The smallest absolute Gasteiger partial charge is 0.276 e. The average Bonchev–Trinajstić information content (AvgIpc) is 2.91. The summed E-state index contributed by atoms with van der Waals surface area (Å²) < 4.78 is 1.70. The first-order valence-corrected chi connectivity index (χ1v) is 9.86. The molecule has 0 atom stereocenters. The monoisotopic (exact) mass is 380 g/mol. The van der Waals surface area contributed by atoms with Gasteiger partial charge in [-0.3, -0.25) is 14.2 Å². The minimum atomic E-state index is -0.614. The van der Waals surface area contributed by atoms with E-state index < -0.39 is 5.66 Å². The molecule has 8 nitrogen and oxygen atoms in total. The maximum Gasteiger partial charge on any atom is 0.276 e. The third-order valence-corrected chi connectivity index (χ3v) is 6.88. The van der Waals surface area contributed by atoms with E-state index in [-0.39, 0.29) is 11.5 Å². The lowest BCUT2D eigenvalue weighted by atomic mass is 9.59. The van der Waals surface area contributed by atoms with Gasteiger partial charge in [0.1, 0.15) is 35.0 Å². The van der Waals surface area contributed by atoms with Gasteiger partial charge in [-0.1, -0.05) is 6.42 Å². The van der Waals surface area contributed by atoms with E-state index in [0.29, 0.717) is 28.4 Å². The van der Waals surface area contributed by atoms with Gasteiger partial charge in [-0.05, 0) is 62.5 Å². The minimum absolute atomic E-state index is 0.156. The highest BCUT2D eigenvalue weighted by Gasteiger charge is 2.51. The van der Waals surface area contributed by atoms with Gasteiger partial charge in [0.05, 0.1) is 0 Å². The largest absolute Gasteiger partial charge is 0.384 e. The number of amides is 1. The summed E-state index contributed by atoms with van der Waals surface area (Å²) in [5.74, 6) is 0.617. The van der Waals surface area contributed by atoms with Crippen LogP contribution in [0.2, 0.25) is 0 Å². The van der Waals surface area contributed by atoms with Crippen molar-refractivity contribution in [3.8, 4) is 0 Å². The lowest BCUT2D eigenvalue weighted by Gasteiger charge is -2.50. The van der Waals surface area contributed by atoms with Gasteiger partial charge < -0.3 is 16.4 Å². The molecule has 146 valence electrons. The van der Waals surface area contributed by atoms with E-state index in [0.717, 1.165) is 31.2 Å². The van der Waals surface area contributed by atoms with Gasteiger partial charge in [-0.15, -0.1) is 0 Å². The number of carbonyl (C=O) groups is 1. The van der Waals surface area contributed by atoms with Gasteiger partial charge in [-0.25, -0.2) is 9.97 Å². The molecule has 8 heteroatoms. The molecule has 3 heterocycles. The molecule has 2 aromatic heterocycles. The van der Waals surface area contributed by atoms with Crippen LogP contribution in [-0.4, -0.2) is 20.4 Å². The molecule has 28 heavy (non-hydrogen) atoms. The predicted octanol–water partition coefficient (Wildman–Crippen LogP) is 2.41. The van der Waals surface area contributed by atoms with Crippen molar-refractivity contribution in [1.29, 1.82) is 0 Å². The van der Waals surface area contributed by atoms with Crippen molar-refractivity contribution >= 4 is 23.2 Å². The predicted molar refractivity (Wildman–Crippen MR) is 105 cm³/mol. The third-order valence-electron chi connectivity index (χ3n) is 6.88. The number of nitrogen functional groups attached to an aromatic ring is 1. The van der Waals surface area contributed by atoms with Crippen molar-refractivity contribution in [3.63, 3.8) is 0 Å². The number of hydrogen-bond donors (Lipinski definition) is 3. The maximum atomic E-state index is 13.4. The Morgan fingerprint density at radius 3 is 2.50 bits per heavy atom. The number of nitrogens with one attached hydrogen (secondary N) is 2. The number of aryl methyl sites for hydroxylation is 1. The third kappa shape index (κ3) is 2.43. The number of anilines is 3. The SMILES string of the molecule is Cc1cc(Nc2cc(N)ncn2)c(=O)n2c1C(=O)NC21CCC2(CCC2)CC1. The zero-order valence-electron chi connectivity index (χ0n) is 15.9. The van der Waals surface area contributed by atoms with Crippen molar-refractivity contribution in [2.45, 2.75) is 57.5 Å². The molecule has 4 N–H and O–H groups in total. The summed E-state index contributed by atoms with van der Waals surface area (Å²) in [6, 6.07) is 3.29. The average molecular weight is 380 g/mol. The van der Waals surface area contributed by atoms with Crippen LogP contribution in [0.25, 0.3) is 0 Å². The molecule has 0 radical (unpaired) electrons. The number of nitrogens with zero attached hydrogens (tertiary/aromatic N) is 3. The summed E-state index contributed by atoms with van der Waals surface area (Å²) in [6.07, 6.45) is 8.90. The Kier molecular flexibility index (Phi) is 3.56. The zero-order chi connectivity index (χ0) is 19.5. The first-order chi connectivity index (χ1) is 13.4. The summed E-state index contributed by atoms with van der Waals surface area (Å²) in [5, 5.41) is 6.21. The minimum Gasteiger partial charge on any atom is -0.384 e. The van der Waals surface area contributed by atoms with E-state index in [1.54, 1.807) is 16.7 Å². The Balaban J connectivity index is 1.56. The van der Waals surface area contributed by atoms with Gasteiger partial charge in [0.25, 0.3) is 11.5 Å². The summed E-state index contributed by atoms with van der Waals surface area (Å²) >= 11 is 0. The Hall–Kier alpha value is -2.90. The number of rotatable bonds is 2. The van der Waals surface area contributed by atoms with E-state index in [9.17, 15) is 9.59 Å². The Labute approximate surface area is 162 Å². The molecule has 1 aliphatic heterocycles. The lowest BCUT2D eigenvalue weighted by molar-refractivity contribution is 0.0116. The molecule has 2 saturated carbocycles. The van der Waals surface area contributed by atoms with Crippen molar-refractivity contribution < 1.29 is 4.79 Å². The second kappa shape index (κ2) is 5.80. The normalized spacial score (nSPS) is 21.2. The molecule has 1 amide bonds. The highest BCUT2D eigenvalue weighted by atomic mass is 16.2. The molecular weight excluding hydrogens is 356 g/mol. The second-order valence-corrected chi connectivity index (χ2v) is 8.52. The molecule has 0 aromatic carbocycles. The first-order valence-electron chi connectivity index (χ1n) is 9.86. The molecule has 2 aliphatic carbocycles. The highest BCUT2D eigenvalue weighted by Crippen LogP contribution is 2.55. The molecule has 5 rings (SSSR count). The van der Waals surface area contributed by atoms with Crippen LogP contribution in [0.15, 0.2) is 23.3 Å². The Morgan fingerprint density at radius 1 is 1.11 bits per heavy atom. The molecular formula is C20H24N6O2. The standard InChI is InChI=1S/C20H24N6O2/c1-12-9-13(24-15-10-14(21)22-11-23-15)18(28)26-16(12)17(27)25-20(26)7-5-19(6-8-20)3-2-4-19/h9-11H,2-8H2,1H3,(H,25,27)(H3,21,22,23,24). The number of fused-ring (bicyclic) bond motifs is 2. The van der Waals surface area contributed by atoms with E-state index in [2.05, 4.69) is 20.6 Å². The fourth-order valence-corrected chi connectivity index (χ4v) is 5.15. The molecule has 0 bridgehead atoms. The van der Waals surface area contributed by atoms with Crippen LogP contribution in [0.5, 0.6) is 0 Å². The van der Waals surface area contributed by atoms with Crippen molar-refractivity contribution in [2.75, 3.05) is 11.1 Å². The molecule has 0 saturated heterocycles. The van der Waals surface area contributed by atoms with Gasteiger partial charge >= 0.3 is 0 Å². The molecule has 3 aliphatic rings. The van der Waals surface area contributed by atoms with E-state index in [4.69, 9.17) is 5.73 Å². The summed E-state index contributed by atoms with van der Waals surface area (Å²) in [6.45, 7) is 1.86. The van der Waals surface area contributed by atoms with Crippen LogP contribution in [0.4, 0.5) is 17.3 Å². The summed E-state index contributed by atoms with van der Waals surface area (Å²) in [7, 11) is 0. The number of carbonyl (C=O) groups excluding carboxylic acids is 1. The second-order valence-electron chi connectivity index (χ2n) is 8.52. The topological polar surface area (TPSA) is 115 Å². The van der Waals surface area contributed by atoms with Crippen LogP contribution in [-0.2, 0) is 5.66 Å². The van der Waals surface area contributed by atoms with Crippen molar-refractivity contribution in [3.05, 3.63) is 40.1 Å². The molecule has 2 fully saturated rings. The van der Waals surface area contributed by atoms with Crippen LogP contribution in [0, 0.1) is 12.3 Å². The summed E-state index contributed by atoms with van der Waals surface area (Å²) in [5.41, 5.74) is 6.96. The van der Waals surface area contributed by atoms with Crippen LogP contribution in [0.1, 0.15) is 61.0 Å². The summed E-state index contributed by atoms with van der Waals surface area (Å²) in [4.78, 5) is 34.1. The highest BCUT2D eigenvalue weighted by molar-refractivity contribution is 5.97. The first kappa shape index (κ1) is 17.2. The van der Waals surface area contributed by atoms with E-state index >= 15 is 0 Å². The molecule has 2 spiro atoms. The van der Waals surface area contributed by atoms with Crippen molar-refractivity contribution in [2.24, 2.45) is 5.41 Å². The van der Waals surface area contributed by atoms with Crippen LogP contribution < -0.4 is 21.9 Å². The molecule has 0 unspecified atom stereocenters. The quantitative estimate of drug-likeness (QED) is 0.737. The van der Waals surface area contributed by atoms with Crippen molar-refractivity contribution in [1.82, 2.24) is 19.9 Å². The van der Waals surface area contributed by atoms with E-state index in [1.807, 2.05) is 6.92 Å². The van der Waals surface area contributed by atoms with Crippen LogP contribution in [0.3, 0.4) is 0 Å². The number of pyridine rings is 1. The maximum absolute atomic E-state index is 13.4. The number of hydrogen-bond acceptors (Lipinski definition) is 6. The fourth-order valence-electron chi connectivity index (χ4n) is 5.15. The molecule has 2 aromatic rings. The Morgan fingerprint density at radius 2 is 1.86 bits per heavy atom. The van der Waals surface area contributed by atoms with E-state index in [1.165, 1.54) is 25.6 Å². The number of aromatic nitrogens is 3. The van der Waals surface area contributed by atoms with Gasteiger partial charge in [0.15, 0.2) is 0 Å². The van der Waals surface area contributed by atoms with Crippen LogP contribution >= 0.6 is 0 Å². The number of nitrogens with two attached hydrogens (primary N) is 1. The van der Waals surface area contributed by atoms with Gasteiger partial charge in [0.2, 0.25) is 0 Å². The lowest BCUT2D eigenvalue weighted by Crippen LogP contribution is -2.52.